The van der Waals surface area contributed by atoms with Crippen molar-refractivity contribution in [2.45, 2.75) is 19.4 Å². The van der Waals surface area contributed by atoms with Gasteiger partial charge in [-0.1, -0.05) is 0 Å². The topological polar surface area (TPSA) is 93.5 Å². The lowest BCUT2D eigenvalue weighted by molar-refractivity contribution is -0.384. The predicted octanol–water partition coefficient (Wildman–Crippen LogP) is 2.48. The van der Waals surface area contributed by atoms with E-state index in [2.05, 4.69) is 10.6 Å². The van der Waals surface area contributed by atoms with Crippen molar-refractivity contribution in [2.75, 3.05) is 29.2 Å². The minimum absolute atomic E-state index is 0.0547. The lowest BCUT2D eigenvalue weighted by atomic mass is 10.1. The van der Waals surface area contributed by atoms with Gasteiger partial charge in [0.25, 0.3) is 11.6 Å². The van der Waals surface area contributed by atoms with E-state index >= 15 is 0 Å². The minimum atomic E-state index is -0.455. The van der Waals surface area contributed by atoms with Crippen LogP contribution in [0.2, 0.25) is 0 Å². The van der Waals surface area contributed by atoms with Gasteiger partial charge < -0.3 is 15.4 Å². The van der Waals surface area contributed by atoms with E-state index in [0.29, 0.717) is 17.1 Å². The number of nitrogens with zero attached hydrogens (tertiary/aromatic N) is 1. The highest BCUT2D eigenvalue weighted by atomic mass is 32.2. The Bertz CT molecular complexity index is 565. The van der Waals surface area contributed by atoms with Crippen LogP contribution in [-0.4, -0.2) is 35.5 Å². The Morgan fingerprint density at radius 1 is 1.57 bits per heavy atom. The molecular formula is C13H17N3O4S. The molecule has 114 valence electrons. The van der Waals surface area contributed by atoms with Gasteiger partial charge in [-0.15, -0.1) is 0 Å². The summed E-state index contributed by atoms with van der Waals surface area (Å²) in [6.45, 7) is 1.84. The van der Waals surface area contributed by atoms with Crippen LogP contribution in [-0.2, 0) is 4.79 Å². The van der Waals surface area contributed by atoms with Crippen LogP contribution >= 0.6 is 11.8 Å². The zero-order valence-electron chi connectivity index (χ0n) is 11.8. The fraction of sp³-hybridized carbons (Fsp3) is 0.462. The van der Waals surface area contributed by atoms with Gasteiger partial charge >= 0.3 is 0 Å². The van der Waals surface area contributed by atoms with Gasteiger partial charge in [-0.2, -0.15) is 11.8 Å². The summed E-state index contributed by atoms with van der Waals surface area (Å²) in [5, 5.41) is 17.0. The molecule has 1 heterocycles. The molecule has 2 rings (SSSR count). The van der Waals surface area contributed by atoms with E-state index in [0.717, 1.165) is 12.2 Å². The second-order valence-electron chi connectivity index (χ2n) is 4.79. The zero-order chi connectivity index (χ0) is 15.4. The summed E-state index contributed by atoms with van der Waals surface area (Å²) in [5.41, 5.74) is 0.787. The third-order valence-electron chi connectivity index (χ3n) is 3.08. The van der Waals surface area contributed by atoms with E-state index in [1.54, 1.807) is 17.8 Å². The van der Waals surface area contributed by atoms with Crippen LogP contribution in [0.15, 0.2) is 12.1 Å². The molecule has 1 aromatic carbocycles. The molecule has 7 nitrogen and oxygen atoms in total. The summed E-state index contributed by atoms with van der Waals surface area (Å²) in [5.74, 6) is 1.02. The van der Waals surface area contributed by atoms with Crippen molar-refractivity contribution in [2.24, 2.45) is 0 Å². The maximum absolute atomic E-state index is 11.3. The number of benzene rings is 1. The number of hydrogen-bond acceptors (Lipinski definition) is 6. The average molecular weight is 311 g/mol. The quantitative estimate of drug-likeness (QED) is 0.619. The van der Waals surface area contributed by atoms with Crippen molar-refractivity contribution in [1.29, 1.82) is 0 Å². The molecule has 1 atom stereocenters. The van der Waals surface area contributed by atoms with Crippen LogP contribution in [0.5, 0.6) is 5.75 Å². The highest BCUT2D eigenvalue weighted by molar-refractivity contribution is 7.98. The summed E-state index contributed by atoms with van der Waals surface area (Å²) >= 11 is 1.72. The molecule has 1 aromatic rings. The number of thioether (sulfide) groups is 1. The lowest BCUT2D eigenvalue weighted by Gasteiger charge is -2.20. The SMILES string of the molecule is CSCCC(C)Nc1cc2c(cc1[N+](=O)[O-])OCC(=O)N2. The number of nitro benzene ring substituents is 1. The van der Waals surface area contributed by atoms with Gasteiger partial charge in [-0.05, 0) is 31.4 Å². The van der Waals surface area contributed by atoms with Gasteiger partial charge in [0.15, 0.2) is 12.4 Å². The predicted molar refractivity (Wildman–Crippen MR) is 83.3 cm³/mol. The van der Waals surface area contributed by atoms with Gasteiger partial charge in [0.05, 0.1) is 16.7 Å². The second kappa shape index (κ2) is 6.66. The molecule has 2 N–H and O–H groups in total. The average Bonchev–Trinajstić information content (AvgIpc) is 2.44. The first-order valence-corrected chi connectivity index (χ1v) is 7.91. The normalized spacial score (nSPS) is 14.7. The fourth-order valence-electron chi connectivity index (χ4n) is 2.01. The highest BCUT2D eigenvalue weighted by Crippen LogP contribution is 2.38. The summed E-state index contributed by atoms with van der Waals surface area (Å²) in [4.78, 5) is 22.1. The number of fused-ring (bicyclic) bond motifs is 1. The Labute approximate surface area is 126 Å². The van der Waals surface area contributed by atoms with Gasteiger partial charge in [0.1, 0.15) is 5.69 Å². The van der Waals surface area contributed by atoms with E-state index in [1.165, 1.54) is 6.07 Å². The Morgan fingerprint density at radius 3 is 3.00 bits per heavy atom. The number of rotatable bonds is 6. The van der Waals surface area contributed by atoms with E-state index < -0.39 is 4.92 Å². The number of amides is 1. The summed E-state index contributed by atoms with van der Waals surface area (Å²) in [7, 11) is 0. The first-order chi connectivity index (χ1) is 10.0. The van der Waals surface area contributed by atoms with Crippen LogP contribution in [0, 0.1) is 10.1 Å². The molecule has 0 fully saturated rings. The van der Waals surface area contributed by atoms with Crippen molar-refractivity contribution in [3.63, 3.8) is 0 Å². The maximum Gasteiger partial charge on any atom is 0.296 e. The van der Waals surface area contributed by atoms with Crippen molar-refractivity contribution >= 4 is 34.7 Å². The van der Waals surface area contributed by atoms with Crippen LogP contribution in [0.1, 0.15) is 13.3 Å². The Morgan fingerprint density at radius 2 is 2.33 bits per heavy atom. The molecule has 8 heteroatoms. The maximum atomic E-state index is 11.3. The Balaban J connectivity index is 2.27. The van der Waals surface area contributed by atoms with Gasteiger partial charge in [-0.25, -0.2) is 0 Å². The Kier molecular flexibility index (Phi) is 4.89. The minimum Gasteiger partial charge on any atom is -0.481 e. The molecule has 1 unspecified atom stereocenters. The molecule has 21 heavy (non-hydrogen) atoms. The van der Waals surface area contributed by atoms with Gasteiger partial charge in [0, 0.05) is 6.04 Å². The summed E-state index contributed by atoms with van der Waals surface area (Å²) in [6, 6.07) is 2.99. The molecular weight excluding hydrogens is 294 g/mol. The summed E-state index contributed by atoms with van der Waals surface area (Å²) in [6.07, 6.45) is 2.90. The number of anilines is 2. The number of hydrogen-bond donors (Lipinski definition) is 2. The number of carbonyl (C=O) groups is 1. The Hall–Kier alpha value is -1.96. The monoisotopic (exact) mass is 311 g/mol. The first kappa shape index (κ1) is 15.4. The highest BCUT2D eigenvalue weighted by Gasteiger charge is 2.24. The number of nitro groups is 1. The second-order valence-corrected chi connectivity index (χ2v) is 5.77. The molecule has 0 radical (unpaired) electrons. The molecule has 1 amide bonds. The largest absolute Gasteiger partial charge is 0.481 e. The molecule has 0 saturated carbocycles. The van der Waals surface area contributed by atoms with E-state index in [4.69, 9.17) is 4.74 Å². The van der Waals surface area contributed by atoms with Crippen LogP contribution < -0.4 is 15.4 Å². The number of carbonyl (C=O) groups excluding carboxylic acids is 1. The number of nitrogens with one attached hydrogen (secondary N) is 2. The first-order valence-electron chi connectivity index (χ1n) is 6.52. The standard InChI is InChI=1S/C13H17N3O4S/c1-8(3-4-21-2)14-9-5-10-12(6-11(9)16(18)19)20-7-13(17)15-10/h5-6,8,14H,3-4,7H2,1-2H3,(H,15,17). The fourth-order valence-corrected chi connectivity index (χ4v) is 2.60. The van der Waals surface area contributed by atoms with Gasteiger partial charge in [-0.3, -0.25) is 14.9 Å². The van der Waals surface area contributed by atoms with Crippen molar-refractivity contribution < 1.29 is 14.5 Å². The van der Waals surface area contributed by atoms with Crippen molar-refractivity contribution in [3.05, 3.63) is 22.2 Å². The molecule has 1 aliphatic rings. The van der Waals surface area contributed by atoms with E-state index in [-0.39, 0.29) is 24.2 Å². The summed E-state index contributed by atoms with van der Waals surface area (Å²) < 4.78 is 5.20. The van der Waals surface area contributed by atoms with Crippen LogP contribution in [0.4, 0.5) is 17.1 Å². The van der Waals surface area contributed by atoms with E-state index in [1.807, 2.05) is 13.2 Å². The third kappa shape index (κ3) is 3.78. The van der Waals surface area contributed by atoms with E-state index in [9.17, 15) is 14.9 Å². The smallest absolute Gasteiger partial charge is 0.296 e. The number of ether oxygens (including phenoxy) is 1. The lowest BCUT2D eigenvalue weighted by Crippen LogP contribution is -2.26. The molecule has 0 spiro atoms. The van der Waals surface area contributed by atoms with Crippen molar-refractivity contribution in [3.8, 4) is 5.75 Å². The molecule has 0 bridgehead atoms. The zero-order valence-corrected chi connectivity index (χ0v) is 12.7. The van der Waals surface area contributed by atoms with Crippen LogP contribution in [0.25, 0.3) is 0 Å². The molecule has 0 saturated heterocycles. The molecule has 0 aromatic heterocycles. The van der Waals surface area contributed by atoms with Crippen LogP contribution in [0.3, 0.4) is 0 Å². The third-order valence-corrected chi connectivity index (χ3v) is 3.73. The molecule has 1 aliphatic heterocycles. The molecule has 0 aliphatic carbocycles. The van der Waals surface area contributed by atoms with Gasteiger partial charge in [0.2, 0.25) is 0 Å². The van der Waals surface area contributed by atoms with Crippen molar-refractivity contribution in [1.82, 2.24) is 0 Å².